The number of hydrogen-bond acceptors (Lipinski definition) is 35. The Morgan fingerprint density at radius 3 is 1.96 bits per heavy atom. The fraction of sp³-hybridized carbons (Fsp3) is 0.650. The van der Waals surface area contributed by atoms with E-state index < -0.39 is 193 Å². The summed E-state index contributed by atoms with van der Waals surface area (Å²) in [5.41, 5.74) is 28.1. The fourth-order valence-electron chi connectivity index (χ4n) is 10.5. The quantitative estimate of drug-likeness (QED) is 0.0145. The summed E-state index contributed by atoms with van der Waals surface area (Å²) in [6, 6.07) is -7.86. The first-order valence-corrected chi connectivity index (χ1v) is 36.7. The molecule has 29 N–H and O–H groups in total. The predicted octanol–water partition coefficient (Wildman–Crippen LogP) is -7.86. The van der Waals surface area contributed by atoms with Gasteiger partial charge in [-0.2, -0.15) is 8.42 Å². The third-order valence-corrected chi connectivity index (χ3v) is 18.3. The number of hydrogen-bond donors (Lipinski definition) is 24. The average Bonchev–Trinajstić information content (AvgIpc) is 1.13. The van der Waals surface area contributed by atoms with Gasteiger partial charge in [0.2, 0.25) is 29.5 Å². The summed E-state index contributed by atoms with van der Waals surface area (Å²) in [4.78, 5) is 131. The molecule has 44 nitrogen and oxygen atoms in total. The van der Waals surface area contributed by atoms with Gasteiger partial charge in [0, 0.05) is 48.8 Å². The van der Waals surface area contributed by atoms with Crippen LogP contribution in [0.15, 0.2) is 23.3 Å². The van der Waals surface area contributed by atoms with Gasteiger partial charge >= 0.3 is 16.5 Å². The number of thiazole rings is 2. The Hall–Kier alpha value is -7.86. The SMILES string of the molecule is CCCCNCCCNCCCNC(=O)c1csc(-c2csc(CCNC(=O)C(NC(=O)C(C)C(O)C(C)NC(=O)C(NC(=O)c3nc(C(CC(N)=O)NCC(N)C(N)=O)nc(N)c3C)C(OC3OC(CO)C(O)C(O)C3OC3OC(CO)C(O)C(OC(N)=O)C3O)c3cnc[nH]3)C(C)O)n2)n1.O=S(=O)(O)O. The lowest BCUT2D eigenvalue weighted by Gasteiger charge is -2.47. The highest BCUT2D eigenvalue weighted by Crippen LogP contribution is 2.35. The van der Waals surface area contributed by atoms with Crippen molar-refractivity contribution >= 4 is 86.3 Å². The van der Waals surface area contributed by atoms with Crippen LogP contribution < -0.4 is 71.2 Å². The first-order valence-electron chi connectivity index (χ1n) is 33.6. The van der Waals surface area contributed by atoms with Crippen LogP contribution in [0.2, 0.25) is 0 Å². The number of carbonyl (C=O) groups excluding carboxylic acids is 8. The molecule has 0 bridgehead atoms. The highest BCUT2D eigenvalue weighted by Gasteiger charge is 2.54. The summed E-state index contributed by atoms with van der Waals surface area (Å²) in [6.07, 6.45) is -21.1. The second kappa shape index (κ2) is 43.4. The number of amides is 8. The van der Waals surface area contributed by atoms with Crippen molar-refractivity contribution in [2.75, 3.05) is 64.8 Å². The Labute approximate surface area is 620 Å². The highest BCUT2D eigenvalue weighted by molar-refractivity contribution is 7.79. The Morgan fingerprint density at radius 1 is 0.729 bits per heavy atom. The highest BCUT2D eigenvalue weighted by atomic mass is 32.3. The number of aromatic amines is 1. The number of ether oxygens (including phenoxy) is 5. The van der Waals surface area contributed by atoms with E-state index in [1.54, 1.807) is 10.8 Å². The predicted molar refractivity (Wildman–Crippen MR) is 374 cm³/mol. The number of aliphatic hydroxyl groups excluding tert-OH is 8. The smallest absolute Gasteiger partial charge is 0.404 e. The number of H-pyrrole nitrogens is 1. The number of unbranched alkanes of at least 4 members (excludes halogenated alkanes) is 1. The zero-order valence-corrected chi connectivity index (χ0v) is 61.3. The molecule has 2 aliphatic rings. The number of imidazole rings is 1. The number of rotatable bonds is 42. The number of nitrogens with one attached hydrogen (secondary N) is 9. The molecule has 47 heteroatoms. The lowest BCUT2D eigenvalue weighted by atomic mass is 9.96. The zero-order valence-electron chi connectivity index (χ0n) is 58.8. The van der Waals surface area contributed by atoms with Crippen molar-refractivity contribution in [3.05, 3.63) is 56.8 Å². The number of nitrogens with zero attached hydrogens (tertiary/aromatic N) is 5. The Bertz CT molecular complexity index is 3640. The number of nitrogens with two attached hydrogens (primary N) is 5. The Kier molecular flexibility index (Phi) is 36.4. The number of anilines is 1. The van der Waals surface area contributed by atoms with E-state index in [0.29, 0.717) is 22.3 Å². The molecule has 2 saturated heterocycles. The maximum Gasteiger partial charge on any atom is 0.404 e. The molecule has 4 aromatic heterocycles. The molecular formula is C60H97N19O25S3. The van der Waals surface area contributed by atoms with Crippen molar-refractivity contribution in [1.82, 2.24) is 72.4 Å². The van der Waals surface area contributed by atoms with Gasteiger partial charge in [0.15, 0.2) is 18.7 Å². The van der Waals surface area contributed by atoms with Crippen molar-refractivity contribution in [2.45, 2.75) is 183 Å². The second-order valence-electron chi connectivity index (χ2n) is 24.8. The van der Waals surface area contributed by atoms with Gasteiger partial charge in [-0.25, -0.2) is 29.7 Å². The van der Waals surface area contributed by atoms with Gasteiger partial charge in [-0.15, -0.1) is 22.7 Å². The van der Waals surface area contributed by atoms with Crippen LogP contribution >= 0.6 is 22.7 Å². The monoisotopic (exact) mass is 1580 g/mol. The van der Waals surface area contributed by atoms with Gasteiger partial charge < -0.3 is 141 Å². The molecule has 0 aliphatic carbocycles. The van der Waals surface area contributed by atoms with Crippen LogP contribution in [0, 0.1) is 12.8 Å². The van der Waals surface area contributed by atoms with Crippen LogP contribution in [-0.4, -0.2) is 293 Å². The van der Waals surface area contributed by atoms with E-state index in [9.17, 15) is 74.4 Å². The maximum atomic E-state index is 15.2. The number of aliphatic hydroxyl groups is 8. The molecule has 6 rings (SSSR count). The molecule has 107 heavy (non-hydrogen) atoms. The minimum atomic E-state index is -4.67. The summed E-state index contributed by atoms with van der Waals surface area (Å²) in [5.74, 6) is -8.71. The molecule has 19 atom stereocenters. The summed E-state index contributed by atoms with van der Waals surface area (Å²) < 4.78 is 60.4. The van der Waals surface area contributed by atoms with Crippen LogP contribution in [0.5, 0.6) is 0 Å². The molecule has 8 amide bonds. The van der Waals surface area contributed by atoms with Crippen molar-refractivity contribution in [3.8, 4) is 10.7 Å². The van der Waals surface area contributed by atoms with Crippen molar-refractivity contribution in [3.63, 3.8) is 0 Å². The molecule has 600 valence electrons. The summed E-state index contributed by atoms with van der Waals surface area (Å²) in [7, 11) is -4.67. The molecule has 0 saturated carbocycles. The molecule has 4 aromatic rings. The van der Waals surface area contributed by atoms with Crippen LogP contribution in [0.25, 0.3) is 10.7 Å². The number of nitrogen functional groups attached to an aromatic ring is 1. The van der Waals surface area contributed by atoms with E-state index in [1.165, 1.54) is 50.4 Å². The Balaban J connectivity index is 0.00000397. The van der Waals surface area contributed by atoms with Gasteiger partial charge in [0.25, 0.3) is 11.8 Å². The largest absolute Gasteiger partial charge is 0.441 e. The minimum absolute atomic E-state index is 0.0112. The summed E-state index contributed by atoms with van der Waals surface area (Å²) in [5, 5.41) is 115. The van der Waals surface area contributed by atoms with Crippen molar-refractivity contribution in [2.24, 2.45) is 28.9 Å². The average molecular weight is 1580 g/mol. The van der Waals surface area contributed by atoms with E-state index >= 15 is 4.79 Å². The third kappa shape index (κ3) is 27.6. The van der Waals surface area contributed by atoms with Crippen LogP contribution in [-0.2, 0) is 64.5 Å². The lowest BCUT2D eigenvalue weighted by Crippen LogP contribution is -2.65. The standard InChI is InChI=1S/C60H95N19O21S2.H2O4S/c1-6-7-11-66-12-8-13-67-14-9-15-69-53(91)32-22-102-57(75-32)33-23-101-37(74-33)10-16-70-54(92)39(28(5)82)77-52(90)26(3)41(84)27(4)73-56(94)40(78-55(93)38-25(2)49(63)79-51(76-38)30(17-36(62)83)71-18-29(61)50(64)89)46(31-19-68-24-72-31)98-59-48(44(87)42(85)34(20-80)97-59)99-58-45(88)47(100-60(65)95)43(86)35(21-81)96-58;1-5(2,3)4/h19,22-24,26-30,34-35,39-48,58-59,66-67,71,80-82,84-88H,6-18,20-21,61H2,1-5H3,(H2,62,83)(H2,64,89)(H2,65,95)(H,68,72)(H,69,91)(H,70,92)(H,73,94)(H,77,90)(H,78,93)(H2,63,76,79);(H2,1,2,3,4). The number of primary amides is 3. The first-order chi connectivity index (χ1) is 50.5. The van der Waals surface area contributed by atoms with Crippen molar-refractivity contribution in [1.29, 1.82) is 0 Å². The van der Waals surface area contributed by atoms with E-state index in [4.69, 9.17) is 69.9 Å². The van der Waals surface area contributed by atoms with Gasteiger partial charge in [-0.05, 0) is 66.2 Å². The second-order valence-corrected chi connectivity index (χ2v) is 27.5. The van der Waals surface area contributed by atoms with Crippen LogP contribution in [0.3, 0.4) is 0 Å². The molecule has 19 unspecified atom stereocenters. The fourth-order valence-corrected chi connectivity index (χ4v) is 12.2. The van der Waals surface area contributed by atoms with Gasteiger partial charge in [0.1, 0.15) is 94.6 Å². The summed E-state index contributed by atoms with van der Waals surface area (Å²) >= 11 is 2.52. The van der Waals surface area contributed by atoms with E-state index in [-0.39, 0.29) is 54.0 Å². The van der Waals surface area contributed by atoms with Gasteiger partial charge in [0.05, 0.1) is 72.7 Å². The molecule has 0 aromatic carbocycles. The maximum absolute atomic E-state index is 15.2. The Morgan fingerprint density at radius 2 is 1.36 bits per heavy atom. The topological polar surface area (TPSA) is 726 Å². The number of aromatic nitrogens is 6. The summed E-state index contributed by atoms with van der Waals surface area (Å²) in [6.45, 7) is 8.84. The van der Waals surface area contributed by atoms with E-state index in [2.05, 4.69) is 79.4 Å². The number of carbonyl (C=O) groups is 8. The van der Waals surface area contributed by atoms with Crippen LogP contribution in [0.1, 0.15) is 115 Å². The molecular weight excluding hydrogens is 1480 g/mol. The molecule has 0 spiro atoms. The normalized spacial score (nSPS) is 22.7. The van der Waals surface area contributed by atoms with E-state index in [0.717, 1.165) is 64.4 Å². The third-order valence-electron chi connectivity index (χ3n) is 16.5. The first kappa shape index (κ1) is 89.8. The minimum Gasteiger partial charge on any atom is -0.441 e. The molecule has 6 heterocycles. The van der Waals surface area contributed by atoms with Crippen molar-refractivity contribution < 1.29 is 120 Å². The molecule has 0 radical (unpaired) electrons. The van der Waals surface area contributed by atoms with Crippen LogP contribution in [0.4, 0.5) is 10.6 Å². The molecule has 2 aliphatic heterocycles. The zero-order chi connectivity index (χ0) is 79.6. The molecule has 2 fully saturated rings. The lowest BCUT2D eigenvalue weighted by molar-refractivity contribution is -0.372. The van der Waals surface area contributed by atoms with Gasteiger partial charge in [-0.3, -0.25) is 42.7 Å². The van der Waals surface area contributed by atoms with Gasteiger partial charge in [-0.1, -0.05) is 20.3 Å². The van der Waals surface area contributed by atoms with E-state index in [1.807, 2.05) is 0 Å².